The molecule has 0 bridgehead atoms. The number of hydrogen-bond donors (Lipinski definition) is 1. The molecule has 1 aliphatic rings. The predicted molar refractivity (Wildman–Crippen MR) is 119 cm³/mol. The summed E-state index contributed by atoms with van der Waals surface area (Å²) in [7, 11) is 1.66. The first-order valence-corrected chi connectivity index (χ1v) is 11.2. The highest BCUT2D eigenvalue weighted by Gasteiger charge is 2.23. The summed E-state index contributed by atoms with van der Waals surface area (Å²) in [6, 6.07) is 14.0. The van der Waals surface area contributed by atoms with Crippen molar-refractivity contribution in [3.8, 4) is 5.75 Å². The second kappa shape index (κ2) is 8.84. The third-order valence-electron chi connectivity index (χ3n) is 4.73. The summed E-state index contributed by atoms with van der Waals surface area (Å²) in [5, 5.41) is 12.3. The number of nitrogens with one attached hydrogen (secondary N) is 1. The first kappa shape index (κ1) is 19.7. The summed E-state index contributed by atoms with van der Waals surface area (Å²) in [5.41, 5.74) is 4.33. The van der Waals surface area contributed by atoms with Gasteiger partial charge in [0.25, 0.3) is 0 Å². The van der Waals surface area contributed by atoms with Gasteiger partial charge in [-0.3, -0.25) is 4.79 Å². The van der Waals surface area contributed by atoms with Gasteiger partial charge >= 0.3 is 0 Å². The van der Waals surface area contributed by atoms with E-state index in [9.17, 15) is 4.79 Å². The van der Waals surface area contributed by atoms with Gasteiger partial charge in [-0.25, -0.2) is 0 Å². The Kier molecular flexibility index (Phi) is 6.01. The maximum atomic E-state index is 12.8. The SMILES string of the molecule is COc1ccc2c(c1)CCCN2C(=O)CSc1nnc(Nc2ccc(C)cc2)s1. The van der Waals surface area contributed by atoms with E-state index in [0.29, 0.717) is 5.75 Å². The number of fused-ring (bicyclic) bond motifs is 1. The van der Waals surface area contributed by atoms with Crippen LogP contribution in [0.25, 0.3) is 0 Å². The number of carbonyl (C=O) groups is 1. The molecule has 29 heavy (non-hydrogen) atoms. The molecule has 1 amide bonds. The number of nitrogens with zero attached hydrogens (tertiary/aromatic N) is 3. The number of anilines is 3. The summed E-state index contributed by atoms with van der Waals surface area (Å²) < 4.78 is 6.08. The van der Waals surface area contributed by atoms with E-state index < -0.39 is 0 Å². The second-order valence-electron chi connectivity index (χ2n) is 6.80. The van der Waals surface area contributed by atoms with Crippen LogP contribution in [0.15, 0.2) is 46.8 Å². The highest BCUT2D eigenvalue weighted by Crippen LogP contribution is 2.32. The van der Waals surface area contributed by atoms with Crippen LogP contribution in [-0.2, 0) is 11.2 Å². The summed E-state index contributed by atoms with van der Waals surface area (Å²) in [6.45, 7) is 2.80. The Morgan fingerprint density at radius 2 is 2.07 bits per heavy atom. The quantitative estimate of drug-likeness (QED) is 0.578. The zero-order valence-corrected chi connectivity index (χ0v) is 18.0. The van der Waals surface area contributed by atoms with E-state index >= 15 is 0 Å². The number of aryl methyl sites for hydroxylation is 2. The molecule has 1 N–H and O–H groups in total. The van der Waals surface area contributed by atoms with Crippen LogP contribution < -0.4 is 15.0 Å². The van der Waals surface area contributed by atoms with Crippen molar-refractivity contribution in [3.05, 3.63) is 53.6 Å². The molecule has 0 aliphatic carbocycles. The van der Waals surface area contributed by atoms with Gasteiger partial charge in [0.15, 0.2) is 4.34 Å². The molecule has 0 saturated heterocycles. The predicted octanol–water partition coefficient (Wildman–Crippen LogP) is 4.67. The zero-order valence-electron chi connectivity index (χ0n) is 16.3. The molecule has 1 aliphatic heterocycles. The van der Waals surface area contributed by atoms with E-state index in [1.54, 1.807) is 7.11 Å². The number of hydrogen-bond acceptors (Lipinski definition) is 7. The first-order valence-electron chi connectivity index (χ1n) is 9.39. The molecule has 0 fully saturated rings. The molecule has 0 unspecified atom stereocenters. The zero-order chi connectivity index (χ0) is 20.2. The molecule has 150 valence electrons. The van der Waals surface area contributed by atoms with Crippen molar-refractivity contribution in [2.75, 3.05) is 29.6 Å². The third-order valence-corrected chi connectivity index (χ3v) is 6.69. The lowest BCUT2D eigenvalue weighted by Crippen LogP contribution is -2.36. The van der Waals surface area contributed by atoms with E-state index in [0.717, 1.165) is 51.5 Å². The van der Waals surface area contributed by atoms with Crippen molar-refractivity contribution < 1.29 is 9.53 Å². The number of benzene rings is 2. The normalized spacial score (nSPS) is 13.1. The number of aromatic nitrogens is 2. The van der Waals surface area contributed by atoms with Gasteiger partial charge < -0.3 is 15.0 Å². The van der Waals surface area contributed by atoms with Crippen molar-refractivity contribution >= 4 is 45.5 Å². The van der Waals surface area contributed by atoms with Crippen molar-refractivity contribution in [1.29, 1.82) is 0 Å². The molecule has 1 aromatic heterocycles. The van der Waals surface area contributed by atoms with Crippen LogP contribution in [0, 0.1) is 6.92 Å². The maximum Gasteiger partial charge on any atom is 0.237 e. The Morgan fingerprint density at radius 3 is 2.86 bits per heavy atom. The van der Waals surface area contributed by atoms with E-state index in [-0.39, 0.29) is 5.91 Å². The largest absolute Gasteiger partial charge is 0.497 e. The molecule has 0 radical (unpaired) electrons. The average molecular weight is 427 g/mol. The number of methoxy groups -OCH3 is 1. The minimum absolute atomic E-state index is 0.0874. The molecular weight excluding hydrogens is 404 g/mol. The van der Waals surface area contributed by atoms with Gasteiger partial charge in [-0.15, -0.1) is 10.2 Å². The van der Waals surface area contributed by atoms with Crippen molar-refractivity contribution in [1.82, 2.24) is 10.2 Å². The molecule has 2 aromatic carbocycles. The summed E-state index contributed by atoms with van der Waals surface area (Å²) in [5.74, 6) is 1.25. The number of amides is 1. The fourth-order valence-corrected chi connectivity index (χ4v) is 4.89. The van der Waals surface area contributed by atoms with Gasteiger partial charge in [-0.2, -0.15) is 0 Å². The van der Waals surface area contributed by atoms with E-state index in [4.69, 9.17) is 4.74 Å². The van der Waals surface area contributed by atoms with Crippen molar-refractivity contribution in [3.63, 3.8) is 0 Å². The van der Waals surface area contributed by atoms with E-state index in [1.165, 1.54) is 28.7 Å². The van der Waals surface area contributed by atoms with Crippen LogP contribution in [0.4, 0.5) is 16.5 Å². The fourth-order valence-electron chi connectivity index (χ4n) is 3.24. The number of carbonyl (C=O) groups excluding carboxylic acids is 1. The van der Waals surface area contributed by atoms with Crippen LogP contribution >= 0.6 is 23.1 Å². The maximum absolute atomic E-state index is 12.8. The fraction of sp³-hybridized carbons (Fsp3) is 0.286. The van der Waals surface area contributed by atoms with Gasteiger partial charge in [0.1, 0.15) is 5.75 Å². The van der Waals surface area contributed by atoms with Crippen LogP contribution in [0.1, 0.15) is 17.5 Å². The molecule has 3 aromatic rings. The highest BCUT2D eigenvalue weighted by molar-refractivity contribution is 8.01. The molecule has 0 saturated carbocycles. The lowest BCUT2D eigenvalue weighted by molar-refractivity contribution is -0.116. The summed E-state index contributed by atoms with van der Waals surface area (Å²) in [6.07, 6.45) is 1.92. The Labute approximate surface area is 178 Å². The number of rotatable bonds is 6. The topological polar surface area (TPSA) is 67.3 Å². The van der Waals surface area contributed by atoms with Crippen LogP contribution in [0.5, 0.6) is 5.75 Å². The lowest BCUT2D eigenvalue weighted by Gasteiger charge is -2.29. The van der Waals surface area contributed by atoms with Crippen molar-refractivity contribution in [2.24, 2.45) is 0 Å². The Balaban J connectivity index is 1.37. The monoisotopic (exact) mass is 426 g/mol. The van der Waals surface area contributed by atoms with E-state index in [1.807, 2.05) is 47.4 Å². The Bertz CT molecular complexity index is 1000. The Hall–Kier alpha value is -2.58. The van der Waals surface area contributed by atoms with Crippen LogP contribution in [0.2, 0.25) is 0 Å². The highest BCUT2D eigenvalue weighted by atomic mass is 32.2. The van der Waals surface area contributed by atoms with Gasteiger partial charge in [-0.05, 0) is 55.7 Å². The smallest absolute Gasteiger partial charge is 0.237 e. The molecule has 0 atom stereocenters. The lowest BCUT2D eigenvalue weighted by atomic mass is 10.0. The minimum atomic E-state index is 0.0874. The average Bonchev–Trinajstić information content (AvgIpc) is 3.20. The molecule has 2 heterocycles. The molecule has 6 nitrogen and oxygen atoms in total. The third kappa shape index (κ3) is 4.71. The molecule has 0 spiro atoms. The van der Waals surface area contributed by atoms with Gasteiger partial charge in [0.05, 0.1) is 12.9 Å². The van der Waals surface area contributed by atoms with Gasteiger partial charge in [0, 0.05) is 17.9 Å². The molecular formula is C21H22N4O2S2. The second-order valence-corrected chi connectivity index (χ2v) is 9.00. The minimum Gasteiger partial charge on any atom is -0.497 e. The number of ether oxygens (including phenoxy) is 1. The standard InChI is InChI=1S/C21H22N4O2S2/c1-14-5-7-16(8-6-14)22-20-23-24-21(29-20)28-13-19(26)25-11-3-4-15-12-17(27-2)9-10-18(15)25/h5-10,12H,3-4,11,13H2,1-2H3,(H,22,23). The van der Waals surface area contributed by atoms with Crippen LogP contribution in [0.3, 0.4) is 0 Å². The number of thioether (sulfide) groups is 1. The summed E-state index contributed by atoms with van der Waals surface area (Å²) in [4.78, 5) is 14.7. The van der Waals surface area contributed by atoms with Gasteiger partial charge in [-0.1, -0.05) is 40.8 Å². The van der Waals surface area contributed by atoms with Crippen molar-refractivity contribution in [2.45, 2.75) is 24.1 Å². The van der Waals surface area contributed by atoms with E-state index in [2.05, 4.69) is 22.4 Å². The van der Waals surface area contributed by atoms with Crippen LogP contribution in [-0.4, -0.2) is 35.5 Å². The summed E-state index contributed by atoms with van der Waals surface area (Å²) >= 11 is 2.88. The first-order chi connectivity index (χ1) is 14.1. The molecule has 4 rings (SSSR count). The van der Waals surface area contributed by atoms with Gasteiger partial charge in [0.2, 0.25) is 11.0 Å². The molecule has 8 heteroatoms. The Morgan fingerprint density at radius 1 is 1.24 bits per heavy atom.